The molecule has 16 heavy (non-hydrogen) atoms. The van der Waals surface area contributed by atoms with E-state index in [1.165, 1.54) is 0 Å². The first kappa shape index (κ1) is 12.3. The molecule has 0 aliphatic carbocycles. The summed E-state index contributed by atoms with van der Waals surface area (Å²) in [6.45, 7) is 0.795. The van der Waals surface area contributed by atoms with Crippen molar-refractivity contribution in [1.29, 1.82) is 0 Å². The topological polar surface area (TPSA) is 87.4 Å². The van der Waals surface area contributed by atoms with Crippen molar-refractivity contribution in [3.8, 4) is 0 Å². The van der Waals surface area contributed by atoms with Crippen molar-refractivity contribution in [2.75, 3.05) is 31.2 Å². The Labute approximate surface area is 94.7 Å². The van der Waals surface area contributed by atoms with E-state index >= 15 is 0 Å². The predicted octanol–water partition coefficient (Wildman–Crippen LogP) is 0.423. The van der Waals surface area contributed by atoms with Gasteiger partial charge in [0.2, 0.25) is 0 Å². The third kappa shape index (κ3) is 3.13. The fourth-order valence-corrected chi connectivity index (χ4v) is 1.31. The Morgan fingerprint density at radius 2 is 2.25 bits per heavy atom. The first-order chi connectivity index (χ1) is 7.69. The molecule has 5 nitrogen and oxygen atoms in total. The smallest absolute Gasteiger partial charge is 0.251 e. The molecule has 0 aromatic heterocycles. The molecular weight excluding hydrogens is 206 g/mol. The van der Waals surface area contributed by atoms with Crippen LogP contribution in [-0.4, -0.2) is 31.2 Å². The number of benzene rings is 1. The number of aliphatic hydroxyl groups is 1. The van der Waals surface area contributed by atoms with Gasteiger partial charge in [0.05, 0.1) is 11.4 Å². The van der Waals surface area contributed by atoms with Gasteiger partial charge in [-0.25, -0.2) is 0 Å². The van der Waals surface area contributed by atoms with E-state index in [1.54, 1.807) is 25.2 Å². The second-order valence-corrected chi connectivity index (χ2v) is 3.39. The van der Waals surface area contributed by atoms with Gasteiger partial charge in [-0.15, -0.1) is 0 Å². The lowest BCUT2D eigenvalue weighted by Gasteiger charge is -2.09. The highest BCUT2D eigenvalue weighted by Gasteiger charge is 2.05. The lowest BCUT2D eigenvalue weighted by atomic mass is 10.1. The third-order valence-electron chi connectivity index (χ3n) is 2.19. The van der Waals surface area contributed by atoms with Crippen LogP contribution in [0.25, 0.3) is 0 Å². The number of aliphatic hydroxyl groups excluding tert-OH is 1. The Kier molecular flexibility index (Phi) is 4.60. The minimum absolute atomic E-state index is 0.142. The van der Waals surface area contributed by atoms with Crippen molar-refractivity contribution in [1.82, 2.24) is 5.32 Å². The average Bonchev–Trinajstić information content (AvgIpc) is 2.30. The van der Waals surface area contributed by atoms with Gasteiger partial charge in [0, 0.05) is 25.8 Å². The van der Waals surface area contributed by atoms with Crippen molar-refractivity contribution in [3.63, 3.8) is 0 Å². The van der Waals surface area contributed by atoms with Crippen molar-refractivity contribution in [2.24, 2.45) is 0 Å². The largest absolute Gasteiger partial charge is 0.397 e. The molecule has 0 radical (unpaired) electrons. The van der Waals surface area contributed by atoms with Crippen LogP contribution in [0.1, 0.15) is 16.8 Å². The molecule has 0 heterocycles. The van der Waals surface area contributed by atoms with Crippen LogP contribution in [0.4, 0.5) is 11.4 Å². The summed E-state index contributed by atoms with van der Waals surface area (Å²) in [6, 6.07) is 5.09. The number of rotatable bonds is 5. The van der Waals surface area contributed by atoms with Gasteiger partial charge in [0.25, 0.3) is 5.91 Å². The van der Waals surface area contributed by atoms with Gasteiger partial charge in [0.15, 0.2) is 0 Å². The Balaban J connectivity index is 2.71. The molecule has 1 aromatic carbocycles. The maximum atomic E-state index is 11.3. The number of hydrogen-bond donors (Lipinski definition) is 4. The molecule has 5 N–H and O–H groups in total. The molecular formula is C11H17N3O2. The summed E-state index contributed by atoms with van der Waals surface area (Å²) < 4.78 is 0. The summed E-state index contributed by atoms with van der Waals surface area (Å²) in [5, 5.41) is 14.3. The number of anilines is 2. The number of carbonyl (C=O) groups excluding carboxylic acids is 1. The lowest BCUT2D eigenvalue weighted by molar-refractivity contribution is 0.0963. The van der Waals surface area contributed by atoms with E-state index < -0.39 is 0 Å². The first-order valence-electron chi connectivity index (χ1n) is 5.15. The molecule has 0 fully saturated rings. The average molecular weight is 223 g/mol. The number of hydrogen-bond acceptors (Lipinski definition) is 4. The molecule has 0 saturated carbocycles. The van der Waals surface area contributed by atoms with E-state index in [4.69, 9.17) is 10.8 Å². The van der Waals surface area contributed by atoms with Gasteiger partial charge in [-0.1, -0.05) is 0 Å². The van der Waals surface area contributed by atoms with Crippen molar-refractivity contribution in [3.05, 3.63) is 23.8 Å². The van der Waals surface area contributed by atoms with Gasteiger partial charge in [-0.3, -0.25) is 4.79 Å². The molecule has 0 atom stereocenters. The summed E-state index contributed by atoms with van der Waals surface area (Å²) in [7, 11) is 1.58. The molecule has 1 aromatic rings. The molecule has 0 unspecified atom stereocenters. The molecule has 0 saturated heterocycles. The lowest BCUT2D eigenvalue weighted by Crippen LogP contribution is -2.18. The molecule has 0 aliphatic rings. The van der Waals surface area contributed by atoms with Crippen LogP contribution in [0.3, 0.4) is 0 Å². The van der Waals surface area contributed by atoms with Crippen LogP contribution in [-0.2, 0) is 0 Å². The van der Waals surface area contributed by atoms with E-state index in [9.17, 15) is 4.79 Å². The minimum atomic E-state index is -0.159. The van der Waals surface area contributed by atoms with Crippen molar-refractivity contribution >= 4 is 17.3 Å². The second kappa shape index (κ2) is 5.97. The normalized spacial score (nSPS) is 9.88. The van der Waals surface area contributed by atoms with E-state index in [0.717, 1.165) is 5.69 Å². The van der Waals surface area contributed by atoms with Gasteiger partial charge >= 0.3 is 0 Å². The molecule has 0 aliphatic heterocycles. The van der Waals surface area contributed by atoms with Crippen LogP contribution < -0.4 is 16.4 Å². The zero-order chi connectivity index (χ0) is 12.0. The first-order valence-corrected chi connectivity index (χ1v) is 5.15. The number of amides is 1. The summed E-state index contributed by atoms with van der Waals surface area (Å²) in [5.41, 5.74) is 7.63. The van der Waals surface area contributed by atoms with Gasteiger partial charge in [-0.05, 0) is 24.6 Å². The zero-order valence-electron chi connectivity index (χ0n) is 9.29. The Morgan fingerprint density at radius 1 is 1.50 bits per heavy atom. The zero-order valence-corrected chi connectivity index (χ0v) is 9.29. The predicted molar refractivity (Wildman–Crippen MR) is 64.4 cm³/mol. The minimum Gasteiger partial charge on any atom is -0.397 e. The molecule has 0 bridgehead atoms. The van der Waals surface area contributed by atoms with Crippen LogP contribution in [0.15, 0.2) is 18.2 Å². The van der Waals surface area contributed by atoms with Crippen LogP contribution >= 0.6 is 0 Å². The molecule has 5 heteroatoms. The summed E-state index contributed by atoms with van der Waals surface area (Å²) in [4.78, 5) is 11.3. The number of carbonyl (C=O) groups is 1. The highest BCUT2D eigenvalue weighted by Crippen LogP contribution is 2.19. The molecule has 1 rings (SSSR count). The Morgan fingerprint density at radius 3 is 2.81 bits per heavy atom. The maximum absolute atomic E-state index is 11.3. The number of nitrogen functional groups attached to an aromatic ring is 1. The van der Waals surface area contributed by atoms with E-state index in [2.05, 4.69) is 10.6 Å². The summed E-state index contributed by atoms with van der Waals surface area (Å²) >= 11 is 0. The van der Waals surface area contributed by atoms with Crippen LogP contribution in [0, 0.1) is 0 Å². The van der Waals surface area contributed by atoms with Crippen LogP contribution in [0.5, 0.6) is 0 Å². The van der Waals surface area contributed by atoms with Gasteiger partial charge < -0.3 is 21.5 Å². The fourth-order valence-electron chi connectivity index (χ4n) is 1.31. The Hall–Kier alpha value is -1.75. The molecule has 1 amide bonds. The maximum Gasteiger partial charge on any atom is 0.251 e. The van der Waals surface area contributed by atoms with Crippen LogP contribution in [0.2, 0.25) is 0 Å². The summed E-state index contributed by atoms with van der Waals surface area (Å²) in [5.74, 6) is -0.159. The van der Waals surface area contributed by atoms with Crippen molar-refractivity contribution in [2.45, 2.75) is 6.42 Å². The van der Waals surface area contributed by atoms with Gasteiger partial charge in [0.1, 0.15) is 0 Å². The molecule has 88 valence electrons. The highest BCUT2D eigenvalue weighted by atomic mass is 16.3. The van der Waals surface area contributed by atoms with E-state index in [1.807, 2.05) is 0 Å². The monoisotopic (exact) mass is 223 g/mol. The number of nitrogens with one attached hydrogen (secondary N) is 2. The van der Waals surface area contributed by atoms with Gasteiger partial charge in [-0.2, -0.15) is 0 Å². The highest BCUT2D eigenvalue weighted by molar-refractivity contribution is 5.95. The molecule has 0 spiro atoms. The quantitative estimate of drug-likeness (QED) is 0.430. The third-order valence-corrected chi connectivity index (χ3v) is 2.19. The standard InChI is InChI=1S/C11H17N3O2/c1-13-11(16)8-3-4-10(9(12)7-8)14-5-2-6-15/h3-4,7,14-15H,2,5-6,12H2,1H3,(H,13,16). The number of nitrogens with two attached hydrogens (primary N) is 1. The van der Waals surface area contributed by atoms with Crippen molar-refractivity contribution < 1.29 is 9.90 Å². The SMILES string of the molecule is CNC(=O)c1ccc(NCCCO)c(N)c1. The fraction of sp³-hybridized carbons (Fsp3) is 0.364. The summed E-state index contributed by atoms with van der Waals surface area (Å²) in [6.07, 6.45) is 0.663. The van der Waals surface area contributed by atoms with E-state index in [0.29, 0.717) is 24.2 Å². The van der Waals surface area contributed by atoms with E-state index in [-0.39, 0.29) is 12.5 Å². The Bertz CT molecular complexity index is 366. The second-order valence-electron chi connectivity index (χ2n) is 3.39.